The van der Waals surface area contributed by atoms with Crippen LogP contribution in [0.1, 0.15) is 81.6 Å². The Labute approximate surface area is 308 Å². The predicted molar refractivity (Wildman–Crippen MR) is 196 cm³/mol. The summed E-state index contributed by atoms with van der Waals surface area (Å²) in [4.78, 5) is 68.9. The number of benzene rings is 3. The van der Waals surface area contributed by atoms with Crippen molar-refractivity contribution in [2.75, 3.05) is 11.4 Å². The first-order valence-electron chi connectivity index (χ1n) is 17.4. The number of carbonyl (C=O) groups excluding carboxylic acids is 4. The van der Waals surface area contributed by atoms with E-state index in [9.17, 15) is 29.1 Å². The van der Waals surface area contributed by atoms with Gasteiger partial charge in [0.2, 0.25) is 17.7 Å². The molecule has 1 heterocycles. The average molecular weight is 736 g/mol. The summed E-state index contributed by atoms with van der Waals surface area (Å²) in [6.45, 7) is 3.69. The van der Waals surface area contributed by atoms with Gasteiger partial charge in [0.1, 0.15) is 18.2 Å². The summed E-state index contributed by atoms with van der Waals surface area (Å²) in [7, 11) is 0. The van der Waals surface area contributed by atoms with Crippen molar-refractivity contribution in [3.8, 4) is 0 Å². The van der Waals surface area contributed by atoms with Gasteiger partial charge in [0, 0.05) is 48.5 Å². The van der Waals surface area contributed by atoms with Crippen LogP contribution < -0.4 is 15.5 Å². The van der Waals surface area contributed by atoms with Crippen LogP contribution in [-0.2, 0) is 36.8 Å². The zero-order valence-corrected chi connectivity index (χ0v) is 30.4. The quantitative estimate of drug-likeness (QED) is 0.174. The minimum absolute atomic E-state index is 0.0258. The van der Waals surface area contributed by atoms with Gasteiger partial charge in [0.05, 0.1) is 5.41 Å². The van der Waals surface area contributed by atoms with E-state index in [0.717, 1.165) is 18.4 Å². The van der Waals surface area contributed by atoms with Crippen LogP contribution in [0.3, 0.4) is 0 Å². The molecule has 3 aromatic carbocycles. The molecule has 4 amide bonds. The van der Waals surface area contributed by atoms with Crippen LogP contribution in [0, 0.1) is 5.41 Å². The van der Waals surface area contributed by atoms with Crippen LogP contribution in [0.4, 0.5) is 5.69 Å². The lowest BCUT2D eigenvalue weighted by molar-refractivity contribution is -0.144. The summed E-state index contributed by atoms with van der Waals surface area (Å²) in [5.41, 5.74) is 2.03. The Morgan fingerprint density at radius 1 is 0.902 bits per heavy atom. The van der Waals surface area contributed by atoms with Crippen molar-refractivity contribution < 1.29 is 29.1 Å². The summed E-state index contributed by atoms with van der Waals surface area (Å²) >= 11 is 12.4. The first-order chi connectivity index (χ1) is 24.4. The Morgan fingerprint density at radius 3 is 2.06 bits per heavy atom. The SMILES string of the molecule is CCCC(=O)N1C(Cc2ccc(Cl)cc2)C(=O)N(c2ccc(CC(NC(=O)C3(CCNC(C)=O)CCCC3)C(=O)O)cc2)C1c1ccc(Cl)cc1. The van der Waals surface area contributed by atoms with Crippen LogP contribution >= 0.6 is 23.2 Å². The highest BCUT2D eigenvalue weighted by molar-refractivity contribution is 6.30. The standard InChI is InChI=1S/C39H44Cl2N4O6/c1-3-6-34(47)45-33(24-27-7-13-29(40)14-8-27)36(48)44(35(45)28-11-15-30(41)16-12-28)31-17-9-26(10-18-31)23-32(37(49)50)43-38(51)39(19-4-5-20-39)21-22-42-25(2)46/h7-18,32-33,35H,3-6,19-24H2,1-2H3,(H,42,46)(H,43,51)(H,49,50). The van der Waals surface area contributed by atoms with E-state index in [1.165, 1.54) is 6.92 Å². The Bertz CT molecular complexity index is 1730. The molecule has 1 saturated heterocycles. The number of hydrogen-bond acceptors (Lipinski definition) is 5. The predicted octanol–water partition coefficient (Wildman–Crippen LogP) is 6.48. The number of nitrogens with one attached hydrogen (secondary N) is 2. The summed E-state index contributed by atoms with van der Waals surface area (Å²) in [6, 6.07) is 19.3. The fraction of sp³-hybridized carbons (Fsp3) is 0.410. The highest BCUT2D eigenvalue weighted by Gasteiger charge is 2.49. The average Bonchev–Trinajstić information content (AvgIpc) is 3.69. The van der Waals surface area contributed by atoms with E-state index in [0.29, 0.717) is 59.1 Å². The first-order valence-corrected chi connectivity index (χ1v) is 18.2. The summed E-state index contributed by atoms with van der Waals surface area (Å²) < 4.78 is 0. The number of carboxylic acid groups (broad SMARTS) is 1. The van der Waals surface area contributed by atoms with Crippen LogP contribution in [0.2, 0.25) is 10.0 Å². The second-order valence-corrected chi connectivity index (χ2v) is 14.4. The number of anilines is 1. The number of nitrogens with zero attached hydrogens (tertiary/aromatic N) is 2. The molecule has 10 nitrogen and oxygen atoms in total. The molecule has 1 aliphatic heterocycles. The lowest BCUT2D eigenvalue weighted by Gasteiger charge is -2.32. The Balaban J connectivity index is 1.42. The summed E-state index contributed by atoms with van der Waals surface area (Å²) in [6.07, 6.45) is 3.87. The van der Waals surface area contributed by atoms with E-state index < -0.39 is 29.6 Å². The lowest BCUT2D eigenvalue weighted by atomic mass is 9.81. The van der Waals surface area contributed by atoms with Crippen molar-refractivity contribution in [1.29, 1.82) is 0 Å². The van der Waals surface area contributed by atoms with Gasteiger partial charge in [-0.05, 0) is 78.8 Å². The molecule has 270 valence electrons. The van der Waals surface area contributed by atoms with Crippen LogP contribution in [0.15, 0.2) is 72.8 Å². The molecule has 3 atom stereocenters. The molecule has 2 fully saturated rings. The number of halogens is 2. The minimum Gasteiger partial charge on any atom is -0.480 e. The number of rotatable bonds is 14. The summed E-state index contributed by atoms with van der Waals surface area (Å²) in [5.74, 6) is -2.05. The second-order valence-electron chi connectivity index (χ2n) is 13.5. The maximum absolute atomic E-state index is 14.4. The number of carboxylic acids is 1. The van der Waals surface area contributed by atoms with E-state index in [-0.39, 0.29) is 42.9 Å². The molecule has 0 bridgehead atoms. The smallest absolute Gasteiger partial charge is 0.326 e. The van der Waals surface area contributed by atoms with Gasteiger partial charge in [-0.15, -0.1) is 0 Å². The Kier molecular flexibility index (Phi) is 12.4. The van der Waals surface area contributed by atoms with Crippen molar-refractivity contribution in [2.45, 2.75) is 89.9 Å². The van der Waals surface area contributed by atoms with Gasteiger partial charge in [-0.3, -0.25) is 24.1 Å². The van der Waals surface area contributed by atoms with Crippen LogP contribution in [0.25, 0.3) is 0 Å². The van der Waals surface area contributed by atoms with Crippen LogP contribution in [0.5, 0.6) is 0 Å². The Hall–Kier alpha value is -4.41. The zero-order chi connectivity index (χ0) is 36.7. The van der Waals surface area contributed by atoms with Gasteiger partial charge < -0.3 is 20.6 Å². The van der Waals surface area contributed by atoms with Crippen molar-refractivity contribution in [2.24, 2.45) is 5.41 Å². The van der Waals surface area contributed by atoms with Gasteiger partial charge in [-0.25, -0.2) is 4.79 Å². The normalized spacial score (nSPS) is 18.8. The minimum atomic E-state index is -1.18. The van der Waals surface area contributed by atoms with E-state index in [1.807, 2.05) is 31.2 Å². The molecule has 0 aromatic heterocycles. The molecule has 3 aromatic rings. The summed E-state index contributed by atoms with van der Waals surface area (Å²) in [5, 5.41) is 16.7. The van der Waals surface area contributed by atoms with Gasteiger partial charge in [-0.1, -0.05) is 79.4 Å². The van der Waals surface area contributed by atoms with Crippen LogP contribution in [-0.4, -0.2) is 58.2 Å². The van der Waals surface area contributed by atoms with Crippen molar-refractivity contribution in [1.82, 2.24) is 15.5 Å². The van der Waals surface area contributed by atoms with E-state index in [4.69, 9.17) is 23.2 Å². The molecular weight excluding hydrogens is 691 g/mol. The number of amides is 4. The third kappa shape index (κ3) is 8.91. The maximum atomic E-state index is 14.4. The highest BCUT2D eigenvalue weighted by atomic mass is 35.5. The number of aliphatic carboxylic acids is 1. The molecule has 2 aliphatic rings. The third-order valence-corrected chi connectivity index (χ3v) is 10.4. The highest BCUT2D eigenvalue weighted by Crippen LogP contribution is 2.42. The van der Waals surface area contributed by atoms with Gasteiger partial charge in [0.25, 0.3) is 5.91 Å². The van der Waals surface area contributed by atoms with E-state index >= 15 is 0 Å². The molecule has 1 saturated carbocycles. The lowest BCUT2D eigenvalue weighted by Crippen LogP contribution is -2.49. The monoisotopic (exact) mass is 734 g/mol. The molecule has 3 unspecified atom stereocenters. The molecule has 1 aliphatic carbocycles. The Morgan fingerprint density at radius 2 is 1.49 bits per heavy atom. The van der Waals surface area contributed by atoms with Gasteiger partial charge >= 0.3 is 5.97 Å². The third-order valence-electron chi connectivity index (χ3n) is 9.91. The van der Waals surface area contributed by atoms with E-state index in [2.05, 4.69) is 10.6 Å². The molecule has 3 N–H and O–H groups in total. The second kappa shape index (κ2) is 16.7. The molecule has 0 radical (unpaired) electrons. The van der Waals surface area contributed by atoms with E-state index in [1.54, 1.807) is 58.3 Å². The van der Waals surface area contributed by atoms with Crippen molar-refractivity contribution in [3.05, 3.63) is 99.5 Å². The molecule has 5 rings (SSSR count). The largest absolute Gasteiger partial charge is 0.480 e. The zero-order valence-electron chi connectivity index (χ0n) is 28.9. The molecule has 51 heavy (non-hydrogen) atoms. The fourth-order valence-corrected chi connectivity index (χ4v) is 7.50. The number of carbonyl (C=O) groups is 5. The number of hydrogen-bond donors (Lipinski definition) is 3. The van der Waals surface area contributed by atoms with Crippen molar-refractivity contribution in [3.63, 3.8) is 0 Å². The van der Waals surface area contributed by atoms with Gasteiger partial charge in [-0.2, -0.15) is 0 Å². The van der Waals surface area contributed by atoms with Gasteiger partial charge in [0.15, 0.2) is 0 Å². The molecule has 12 heteroatoms. The maximum Gasteiger partial charge on any atom is 0.326 e. The van der Waals surface area contributed by atoms with Crippen molar-refractivity contribution >= 4 is 58.5 Å². The topological polar surface area (TPSA) is 136 Å². The first kappa shape index (κ1) is 37.8. The fourth-order valence-electron chi connectivity index (χ4n) is 7.25. The molecule has 0 spiro atoms. The molecular formula is C39H44Cl2N4O6.